The van der Waals surface area contributed by atoms with E-state index in [-0.39, 0.29) is 18.4 Å². The fourth-order valence-corrected chi connectivity index (χ4v) is 1.53. The number of rotatable bonds is 5. The summed E-state index contributed by atoms with van der Waals surface area (Å²) in [5.41, 5.74) is 0.661. The highest BCUT2D eigenvalue weighted by atomic mass is 16.2. The van der Waals surface area contributed by atoms with Crippen LogP contribution >= 0.6 is 0 Å². The minimum atomic E-state index is -0.476. The summed E-state index contributed by atoms with van der Waals surface area (Å²) in [6.45, 7) is 6.12. The SMILES string of the molecule is CN(CCc1ccncc1)C(=O)CNC(=O)C(C)(C)C. The van der Waals surface area contributed by atoms with Crippen LogP contribution in [-0.2, 0) is 16.0 Å². The van der Waals surface area contributed by atoms with Crippen molar-refractivity contribution >= 4 is 11.8 Å². The average Bonchev–Trinajstić information content (AvgIpc) is 2.41. The summed E-state index contributed by atoms with van der Waals surface area (Å²) in [7, 11) is 1.74. The predicted molar refractivity (Wildman–Crippen MR) is 78.0 cm³/mol. The zero-order valence-electron chi connectivity index (χ0n) is 12.6. The van der Waals surface area contributed by atoms with Crippen LogP contribution in [-0.4, -0.2) is 41.8 Å². The van der Waals surface area contributed by atoms with E-state index in [1.165, 1.54) is 0 Å². The van der Waals surface area contributed by atoms with Gasteiger partial charge in [-0.3, -0.25) is 14.6 Å². The molecule has 1 N–H and O–H groups in total. The van der Waals surface area contributed by atoms with E-state index in [4.69, 9.17) is 0 Å². The highest BCUT2D eigenvalue weighted by Crippen LogP contribution is 2.12. The lowest BCUT2D eigenvalue weighted by molar-refractivity contribution is -0.134. The van der Waals surface area contributed by atoms with Gasteiger partial charge in [0.25, 0.3) is 0 Å². The first-order chi connectivity index (χ1) is 9.30. The van der Waals surface area contributed by atoms with Crippen molar-refractivity contribution in [1.82, 2.24) is 15.2 Å². The van der Waals surface area contributed by atoms with E-state index in [9.17, 15) is 9.59 Å². The lowest BCUT2D eigenvalue weighted by Crippen LogP contribution is -2.42. The predicted octanol–water partition coefficient (Wildman–Crippen LogP) is 1.24. The van der Waals surface area contributed by atoms with Crippen LogP contribution in [0, 0.1) is 5.41 Å². The van der Waals surface area contributed by atoms with E-state index in [0.717, 1.165) is 12.0 Å². The third-order valence-corrected chi connectivity index (χ3v) is 2.99. The Bertz CT molecular complexity index is 452. The standard InChI is InChI=1S/C15H23N3O2/c1-15(2,3)14(20)17-11-13(19)18(4)10-7-12-5-8-16-9-6-12/h5-6,8-9H,7,10-11H2,1-4H3,(H,17,20). The zero-order chi connectivity index (χ0) is 15.2. The van der Waals surface area contributed by atoms with Gasteiger partial charge in [-0.25, -0.2) is 0 Å². The number of nitrogens with zero attached hydrogens (tertiary/aromatic N) is 2. The molecular formula is C15H23N3O2. The number of aromatic nitrogens is 1. The van der Waals surface area contributed by atoms with Crippen molar-refractivity contribution in [3.8, 4) is 0 Å². The van der Waals surface area contributed by atoms with Gasteiger partial charge < -0.3 is 10.2 Å². The van der Waals surface area contributed by atoms with E-state index in [2.05, 4.69) is 10.3 Å². The van der Waals surface area contributed by atoms with Gasteiger partial charge in [-0.2, -0.15) is 0 Å². The molecular weight excluding hydrogens is 254 g/mol. The monoisotopic (exact) mass is 277 g/mol. The highest BCUT2D eigenvalue weighted by Gasteiger charge is 2.21. The molecule has 5 heteroatoms. The molecule has 1 aromatic heterocycles. The average molecular weight is 277 g/mol. The minimum Gasteiger partial charge on any atom is -0.347 e. The Morgan fingerprint density at radius 2 is 1.85 bits per heavy atom. The third kappa shape index (κ3) is 5.38. The summed E-state index contributed by atoms with van der Waals surface area (Å²) >= 11 is 0. The summed E-state index contributed by atoms with van der Waals surface area (Å²) in [6.07, 6.45) is 4.25. The van der Waals surface area contributed by atoms with Crippen LogP contribution in [0.25, 0.3) is 0 Å². The van der Waals surface area contributed by atoms with Crippen molar-refractivity contribution in [2.45, 2.75) is 27.2 Å². The number of pyridine rings is 1. The second kappa shape index (κ2) is 7.03. The summed E-state index contributed by atoms with van der Waals surface area (Å²) in [4.78, 5) is 29.2. The van der Waals surface area contributed by atoms with Gasteiger partial charge in [0.05, 0.1) is 6.54 Å². The van der Waals surface area contributed by atoms with E-state index in [0.29, 0.717) is 6.54 Å². The third-order valence-electron chi connectivity index (χ3n) is 2.99. The van der Waals surface area contributed by atoms with Crippen LogP contribution in [0.2, 0.25) is 0 Å². The largest absolute Gasteiger partial charge is 0.347 e. The van der Waals surface area contributed by atoms with Crippen molar-refractivity contribution in [3.05, 3.63) is 30.1 Å². The number of hydrogen-bond donors (Lipinski definition) is 1. The molecule has 0 aliphatic carbocycles. The fraction of sp³-hybridized carbons (Fsp3) is 0.533. The molecule has 0 spiro atoms. The summed E-state index contributed by atoms with van der Waals surface area (Å²) in [5.74, 6) is -0.204. The minimum absolute atomic E-state index is 0.0446. The molecule has 0 bridgehead atoms. The summed E-state index contributed by atoms with van der Waals surface area (Å²) in [6, 6.07) is 3.86. The molecule has 1 aromatic rings. The lowest BCUT2D eigenvalue weighted by atomic mass is 9.96. The molecule has 0 radical (unpaired) electrons. The molecule has 0 atom stereocenters. The van der Waals surface area contributed by atoms with E-state index in [1.54, 1.807) is 24.3 Å². The van der Waals surface area contributed by atoms with Gasteiger partial charge in [0.2, 0.25) is 11.8 Å². The molecule has 1 heterocycles. The summed E-state index contributed by atoms with van der Waals surface area (Å²) < 4.78 is 0. The quantitative estimate of drug-likeness (QED) is 0.881. The molecule has 1 rings (SSSR count). The maximum Gasteiger partial charge on any atom is 0.241 e. The highest BCUT2D eigenvalue weighted by molar-refractivity contribution is 5.87. The molecule has 0 aromatic carbocycles. The van der Waals surface area contributed by atoms with Crippen molar-refractivity contribution in [2.24, 2.45) is 5.41 Å². The number of carbonyl (C=O) groups is 2. The number of hydrogen-bond acceptors (Lipinski definition) is 3. The molecule has 110 valence electrons. The molecule has 0 aliphatic rings. The normalized spacial score (nSPS) is 11.0. The maximum atomic E-state index is 11.9. The fourth-order valence-electron chi connectivity index (χ4n) is 1.53. The van der Waals surface area contributed by atoms with Gasteiger partial charge in [-0.15, -0.1) is 0 Å². The Morgan fingerprint density at radius 3 is 2.40 bits per heavy atom. The summed E-state index contributed by atoms with van der Waals surface area (Å²) in [5, 5.41) is 2.66. The van der Waals surface area contributed by atoms with Crippen LogP contribution in [0.4, 0.5) is 0 Å². The topological polar surface area (TPSA) is 62.3 Å². The first-order valence-corrected chi connectivity index (χ1v) is 6.72. The Balaban J connectivity index is 2.35. The van der Waals surface area contributed by atoms with Crippen molar-refractivity contribution < 1.29 is 9.59 Å². The lowest BCUT2D eigenvalue weighted by Gasteiger charge is -2.20. The van der Waals surface area contributed by atoms with Crippen molar-refractivity contribution in [3.63, 3.8) is 0 Å². The molecule has 0 saturated carbocycles. The second-order valence-electron chi connectivity index (χ2n) is 5.85. The van der Waals surface area contributed by atoms with Gasteiger partial charge >= 0.3 is 0 Å². The maximum absolute atomic E-state index is 11.9. The Hall–Kier alpha value is -1.91. The molecule has 0 fully saturated rings. The molecule has 5 nitrogen and oxygen atoms in total. The Kier molecular flexibility index (Phi) is 5.67. The van der Waals surface area contributed by atoms with Crippen LogP contribution in [0.3, 0.4) is 0 Å². The Morgan fingerprint density at radius 1 is 1.25 bits per heavy atom. The molecule has 2 amide bonds. The van der Waals surface area contributed by atoms with Crippen molar-refractivity contribution in [1.29, 1.82) is 0 Å². The van der Waals surface area contributed by atoms with Crippen LogP contribution in [0.5, 0.6) is 0 Å². The van der Waals surface area contributed by atoms with Crippen LogP contribution in [0.15, 0.2) is 24.5 Å². The molecule has 0 saturated heterocycles. The number of carbonyl (C=O) groups excluding carboxylic acids is 2. The molecule has 0 unspecified atom stereocenters. The Labute approximate surface area is 120 Å². The van der Waals surface area contributed by atoms with E-state index >= 15 is 0 Å². The first-order valence-electron chi connectivity index (χ1n) is 6.72. The van der Waals surface area contributed by atoms with Crippen LogP contribution < -0.4 is 5.32 Å². The van der Waals surface area contributed by atoms with Gasteiger partial charge in [-0.1, -0.05) is 20.8 Å². The molecule has 20 heavy (non-hydrogen) atoms. The number of nitrogens with one attached hydrogen (secondary N) is 1. The van der Waals surface area contributed by atoms with Gasteiger partial charge in [0.15, 0.2) is 0 Å². The van der Waals surface area contributed by atoms with E-state index in [1.807, 2.05) is 32.9 Å². The number of likely N-dealkylation sites (N-methyl/N-ethyl adjacent to an activating group) is 1. The van der Waals surface area contributed by atoms with Crippen LogP contribution in [0.1, 0.15) is 26.3 Å². The van der Waals surface area contributed by atoms with Gasteiger partial charge in [0.1, 0.15) is 0 Å². The van der Waals surface area contributed by atoms with Gasteiger partial charge in [0, 0.05) is 31.4 Å². The van der Waals surface area contributed by atoms with Gasteiger partial charge in [-0.05, 0) is 24.1 Å². The second-order valence-corrected chi connectivity index (χ2v) is 5.85. The number of amides is 2. The smallest absolute Gasteiger partial charge is 0.241 e. The molecule has 0 aliphatic heterocycles. The van der Waals surface area contributed by atoms with E-state index < -0.39 is 5.41 Å². The zero-order valence-corrected chi connectivity index (χ0v) is 12.6. The van der Waals surface area contributed by atoms with Crippen molar-refractivity contribution in [2.75, 3.05) is 20.1 Å². The first kappa shape index (κ1) is 16.1.